The minimum atomic E-state index is 0.118. The molecule has 2 aromatic carbocycles. The second kappa shape index (κ2) is 8.87. The first kappa shape index (κ1) is 21.5. The van der Waals surface area contributed by atoms with Crippen molar-refractivity contribution in [3.8, 4) is 0 Å². The van der Waals surface area contributed by atoms with Crippen molar-refractivity contribution in [3.05, 3.63) is 94.8 Å². The molecule has 0 aliphatic rings. The zero-order valence-electron chi connectivity index (χ0n) is 19.1. The molecule has 5 rings (SSSR count). The quantitative estimate of drug-likeness (QED) is 0.229. The van der Waals surface area contributed by atoms with Crippen LogP contribution in [0.3, 0.4) is 0 Å². The van der Waals surface area contributed by atoms with Crippen molar-refractivity contribution >= 4 is 34.1 Å². The third kappa shape index (κ3) is 4.07. The van der Waals surface area contributed by atoms with E-state index in [9.17, 15) is 4.79 Å². The number of hydrogen-bond donors (Lipinski definition) is 0. The van der Waals surface area contributed by atoms with E-state index in [4.69, 9.17) is 0 Å². The Hall–Kier alpha value is -3.38. The van der Waals surface area contributed by atoms with Crippen LogP contribution in [0.25, 0.3) is 16.6 Å². The number of thioether (sulfide) groups is 1. The lowest BCUT2D eigenvalue weighted by Gasteiger charge is -2.10. The number of carbonyl (C=O) groups excluding carboxylic acids is 1. The molecular formula is C27H26N4OS. The lowest BCUT2D eigenvalue weighted by atomic mass is 10.1. The third-order valence-electron chi connectivity index (χ3n) is 6.25. The maximum Gasteiger partial charge on any atom is 0.196 e. The number of fused-ring (bicyclic) bond motifs is 3. The number of aromatic nitrogens is 4. The molecule has 0 aliphatic heterocycles. The summed E-state index contributed by atoms with van der Waals surface area (Å²) in [6.45, 7) is 7.06. The van der Waals surface area contributed by atoms with Crippen molar-refractivity contribution in [2.75, 3.05) is 5.75 Å². The number of carbonyl (C=O) groups is 1. The van der Waals surface area contributed by atoms with Gasteiger partial charge in [0.2, 0.25) is 0 Å². The van der Waals surface area contributed by atoms with Crippen LogP contribution in [0.5, 0.6) is 0 Å². The standard InChI is InChI=1S/C27H26N4OS/c1-18-15-26-28-29-27(31(26)24-12-8-7-11-22(18)24)33-17-25(32)23-16-19(2)30(20(23)3)14-13-21-9-5-4-6-10-21/h4-12,15-16H,13-14,17H2,1-3H3. The smallest absolute Gasteiger partial charge is 0.196 e. The fourth-order valence-corrected chi connectivity index (χ4v) is 5.32. The van der Waals surface area contributed by atoms with Crippen LogP contribution in [-0.4, -0.2) is 30.7 Å². The molecule has 0 atom stereocenters. The molecule has 0 spiro atoms. The molecule has 0 amide bonds. The molecule has 166 valence electrons. The fourth-order valence-electron chi connectivity index (χ4n) is 4.49. The number of ketones is 1. The SMILES string of the molecule is Cc1cc2nnc(SCC(=O)c3cc(C)n(CCc4ccccc4)c3C)n2c2ccccc12. The molecule has 5 nitrogen and oxygen atoms in total. The monoisotopic (exact) mass is 454 g/mol. The number of Topliss-reactive ketones (excluding diaryl/α,β-unsaturated/α-hetero) is 1. The van der Waals surface area contributed by atoms with Gasteiger partial charge in [0.15, 0.2) is 16.6 Å². The van der Waals surface area contributed by atoms with Gasteiger partial charge < -0.3 is 4.57 Å². The molecule has 33 heavy (non-hydrogen) atoms. The Morgan fingerprint density at radius 1 is 0.939 bits per heavy atom. The molecule has 6 heteroatoms. The van der Waals surface area contributed by atoms with Crippen LogP contribution in [0.1, 0.15) is 32.9 Å². The highest BCUT2D eigenvalue weighted by Crippen LogP contribution is 2.27. The zero-order valence-corrected chi connectivity index (χ0v) is 19.9. The summed E-state index contributed by atoms with van der Waals surface area (Å²) in [5.41, 5.74) is 7.28. The summed E-state index contributed by atoms with van der Waals surface area (Å²) in [5.74, 6) is 0.443. The first-order valence-corrected chi connectivity index (χ1v) is 12.1. The topological polar surface area (TPSA) is 52.2 Å². The largest absolute Gasteiger partial charge is 0.348 e. The van der Waals surface area contributed by atoms with Crippen LogP contribution in [0, 0.1) is 20.8 Å². The van der Waals surface area contributed by atoms with Gasteiger partial charge in [-0.1, -0.05) is 60.3 Å². The van der Waals surface area contributed by atoms with Crippen LogP contribution < -0.4 is 0 Å². The van der Waals surface area contributed by atoms with Crippen molar-refractivity contribution in [1.29, 1.82) is 0 Å². The van der Waals surface area contributed by atoms with E-state index < -0.39 is 0 Å². The molecule has 0 radical (unpaired) electrons. The molecular weight excluding hydrogens is 428 g/mol. The average molecular weight is 455 g/mol. The maximum atomic E-state index is 13.2. The van der Waals surface area contributed by atoms with E-state index in [2.05, 4.69) is 65.0 Å². The van der Waals surface area contributed by atoms with Crippen LogP contribution in [0.2, 0.25) is 0 Å². The molecule has 3 heterocycles. The van der Waals surface area contributed by atoms with Crippen molar-refractivity contribution in [3.63, 3.8) is 0 Å². The van der Waals surface area contributed by atoms with Gasteiger partial charge in [-0.3, -0.25) is 9.20 Å². The van der Waals surface area contributed by atoms with Gasteiger partial charge >= 0.3 is 0 Å². The van der Waals surface area contributed by atoms with Gasteiger partial charge in [0.25, 0.3) is 0 Å². The lowest BCUT2D eigenvalue weighted by Crippen LogP contribution is -2.08. The summed E-state index contributed by atoms with van der Waals surface area (Å²) >= 11 is 1.44. The van der Waals surface area contributed by atoms with E-state index >= 15 is 0 Å². The summed E-state index contributed by atoms with van der Waals surface area (Å²) in [7, 11) is 0. The van der Waals surface area contributed by atoms with Gasteiger partial charge in [0.05, 0.1) is 11.3 Å². The van der Waals surface area contributed by atoms with Gasteiger partial charge in [0.1, 0.15) is 0 Å². The van der Waals surface area contributed by atoms with E-state index in [1.54, 1.807) is 0 Å². The Balaban J connectivity index is 1.36. The first-order chi connectivity index (χ1) is 16.0. The van der Waals surface area contributed by atoms with E-state index in [0.717, 1.165) is 46.2 Å². The van der Waals surface area contributed by atoms with E-state index in [1.165, 1.54) is 28.3 Å². The average Bonchev–Trinajstić information content (AvgIpc) is 3.37. The number of benzene rings is 2. The van der Waals surface area contributed by atoms with Crippen molar-refractivity contribution in [2.24, 2.45) is 0 Å². The van der Waals surface area contributed by atoms with E-state index in [-0.39, 0.29) is 5.78 Å². The van der Waals surface area contributed by atoms with E-state index in [0.29, 0.717) is 5.75 Å². The number of aryl methyl sites for hydroxylation is 3. The maximum absolute atomic E-state index is 13.2. The number of pyridine rings is 1. The Labute approximate surface area is 197 Å². The molecule has 0 aliphatic carbocycles. The number of nitrogens with zero attached hydrogens (tertiary/aromatic N) is 4. The van der Waals surface area contributed by atoms with E-state index in [1.807, 2.05) is 41.7 Å². The highest BCUT2D eigenvalue weighted by Gasteiger charge is 2.18. The Morgan fingerprint density at radius 3 is 2.52 bits per heavy atom. The predicted molar refractivity (Wildman–Crippen MR) is 134 cm³/mol. The summed E-state index contributed by atoms with van der Waals surface area (Å²) in [6.07, 6.45) is 0.942. The van der Waals surface area contributed by atoms with Crippen LogP contribution in [0.4, 0.5) is 0 Å². The highest BCUT2D eigenvalue weighted by molar-refractivity contribution is 7.99. The first-order valence-electron chi connectivity index (χ1n) is 11.1. The number of hydrogen-bond acceptors (Lipinski definition) is 4. The fraction of sp³-hybridized carbons (Fsp3) is 0.222. The minimum Gasteiger partial charge on any atom is -0.348 e. The molecule has 0 N–H and O–H groups in total. The number of para-hydroxylation sites is 1. The summed E-state index contributed by atoms with van der Waals surface area (Å²) < 4.78 is 4.29. The summed E-state index contributed by atoms with van der Waals surface area (Å²) in [5, 5.41) is 10.6. The Morgan fingerprint density at radius 2 is 1.70 bits per heavy atom. The van der Waals surface area contributed by atoms with Crippen molar-refractivity contribution < 1.29 is 4.79 Å². The lowest BCUT2D eigenvalue weighted by molar-refractivity contribution is 0.102. The molecule has 0 fully saturated rings. The molecule has 0 unspecified atom stereocenters. The second-order valence-corrected chi connectivity index (χ2v) is 9.35. The normalized spacial score (nSPS) is 11.5. The Bertz CT molecular complexity index is 1470. The van der Waals surface area contributed by atoms with Crippen molar-refractivity contribution in [2.45, 2.75) is 38.9 Å². The third-order valence-corrected chi connectivity index (χ3v) is 7.18. The minimum absolute atomic E-state index is 0.118. The molecule has 0 saturated heterocycles. The molecule has 0 saturated carbocycles. The van der Waals surface area contributed by atoms with Crippen molar-refractivity contribution in [1.82, 2.24) is 19.2 Å². The molecule has 3 aromatic heterocycles. The van der Waals surface area contributed by atoms with Gasteiger partial charge in [-0.2, -0.15) is 0 Å². The summed E-state index contributed by atoms with van der Waals surface area (Å²) in [6, 6.07) is 22.7. The second-order valence-electron chi connectivity index (χ2n) is 8.40. The molecule has 5 aromatic rings. The van der Waals surface area contributed by atoms with Gasteiger partial charge in [-0.05, 0) is 56.5 Å². The number of rotatable bonds is 7. The van der Waals surface area contributed by atoms with Gasteiger partial charge in [-0.25, -0.2) is 0 Å². The van der Waals surface area contributed by atoms with Crippen LogP contribution in [-0.2, 0) is 13.0 Å². The highest BCUT2D eigenvalue weighted by atomic mass is 32.2. The van der Waals surface area contributed by atoms with Gasteiger partial charge in [0, 0.05) is 28.9 Å². The summed E-state index contributed by atoms with van der Waals surface area (Å²) in [4.78, 5) is 13.2. The Kier molecular flexibility index (Phi) is 5.77. The predicted octanol–water partition coefficient (Wildman–Crippen LogP) is 5.83. The zero-order chi connectivity index (χ0) is 22.9. The molecule has 0 bridgehead atoms. The van der Waals surface area contributed by atoms with Crippen LogP contribution >= 0.6 is 11.8 Å². The van der Waals surface area contributed by atoms with Crippen LogP contribution in [0.15, 0.2) is 71.9 Å². The van der Waals surface area contributed by atoms with Gasteiger partial charge in [-0.15, -0.1) is 10.2 Å².